The first-order valence-corrected chi connectivity index (χ1v) is 8.82. The van der Waals surface area contributed by atoms with Crippen molar-refractivity contribution in [3.63, 3.8) is 0 Å². The lowest BCUT2D eigenvalue weighted by atomic mass is 9.74. The molecule has 10 heteroatoms. The van der Waals surface area contributed by atoms with Gasteiger partial charge in [0.2, 0.25) is 0 Å². The first-order valence-electron chi connectivity index (χ1n) is 8.82. The fraction of sp³-hybridized carbons (Fsp3) is 0.400. The number of phenols is 3. The van der Waals surface area contributed by atoms with Gasteiger partial charge in [0.1, 0.15) is 17.3 Å². The molecule has 0 bridgehead atoms. The van der Waals surface area contributed by atoms with Crippen molar-refractivity contribution < 1.29 is 42.7 Å². The Balaban J connectivity index is 2.38. The molecule has 0 aliphatic rings. The van der Waals surface area contributed by atoms with Gasteiger partial charge in [-0.3, -0.25) is 0 Å². The number of aromatic hydroxyl groups is 3. The Morgan fingerprint density at radius 3 is 2.13 bits per heavy atom. The normalized spacial score (nSPS) is 14.3. The van der Waals surface area contributed by atoms with Crippen LogP contribution in [0.1, 0.15) is 25.8 Å². The molecule has 0 saturated heterocycles. The van der Waals surface area contributed by atoms with Crippen LogP contribution in [0.5, 0.6) is 23.0 Å². The van der Waals surface area contributed by atoms with E-state index in [0.29, 0.717) is 0 Å². The second-order valence-electron chi connectivity index (χ2n) is 7.65. The predicted molar refractivity (Wildman–Crippen MR) is 102 cm³/mol. The first-order chi connectivity index (χ1) is 13.7. The van der Waals surface area contributed by atoms with Crippen LogP contribution in [0.25, 0.3) is 0 Å². The maximum atomic E-state index is 13.8. The third-order valence-corrected chi connectivity index (χ3v) is 4.82. The number of aliphatic hydroxyl groups is 1. The third kappa shape index (κ3) is 4.81. The molecular weight excluding hydrogens is 410 g/mol. The van der Waals surface area contributed by atoms with E-state index in [-0.39, 0.29) is 17.0 Å². The van der Waals surface area contributed by atoms with E-state index in [1.54, 1.807) is 0 Å². The molecular formula is C20H23F4NO5. The van der Waals surface area contributed by atoms with Crippen LogP contribution in [0.3, 0.4) is 0 Å². The number of halogens is 4. The fourth-order valence-electron chi connectivity index (χ4n) is 3.25. The van der Waals surface area contributed by atoms with E-state index in [1.807, 2.05) is 0 Å². The molecule has 2 aromatic carbocycles. The van der Waals surface area contributed by atoms with Gasteiger partial charge < -0.3 is 30.5 Å². The van der Waals surface area contributed by atoms with Gasteiger partial charge in [0, 0.05) is 17.7 Å². The standard InChI is InChI=1S/C20H23F4NO5/c1-18(2,12-6-11(21)4-5-17(12)30-3)9-19(29,20(22,23)24)10-25-13-7-15(27)16(28)8-14(13)26/h4-8,25-29H,9-10H2,1-3H3. The molecule has 1 atom stereocenters. The summed E-state index contributed by atoms with van der Waals surface area (Å²) in [5.41, 5.74) is -4.86. The van der Waals surface area contributed by atoms with Gasteiger partial charge in [-0.2, -0.15) is 13.2 Å². The van der Waals surface area contributed by atoms with Crippen LogP contribution in [0.4, 0.5) is 23.2 Å². The number of nitrogens with one attached hydrogen (secondary N) is 1. The zero-order chi connectivity index (χ0) is 22.9. The van der Waals surface area contributed by atoms with Gasteiger partial charge in [-0.25, -0.2) is 4.39 Å². The zero-order valence-corrected chi connectivity index (χ0v) is 16.5. The molecule has 0 aliphatic carbocycles. The summed E-state index contributed by atoms with van der Waals surface area (Å²) in [5, 5.41) is 41.4. The number of anilines is 1. The van der Waals surface area contributed by atoms with Crippen LogP contribution in [0, 0.1) is 5.82 Å². The van der Waals surface area contributed by atoms with Crippen LogP contribution in [0.15, 0.2) is 30.3 Å². The number of hydrogen-bond donors (Lipinski definition) is 5. The zero-order valence-electron chi connectivity index (χ0n) is 16.5. The second-order valence-corrected chi connectivity index (χ2v) is 7.65. The molecule has 30 heavy (non-hydrogen) atoms. The van der Waals surface area contributed by atoms with E-state index >= 15 is 0 Å². The highest BCUT2D eigenvalue weighted by Gasteiger charge is 2.56. The van der Waals surface area contributed by atoms with Crippen molar-refractivity contribution in [1.82, 2.24) is 0 Å². The number of ether oxygens (including phenoxy) is 1. The van der Waals surface area contributed by atoms with E-state index in [0.717, 1.165) is 24.3 Å². The molecule has 1 unspecified atom stereocenters. The Labute approximate surface area is 170 Å². The molecule has 0 radical (unpaired) electrons. The summed E-state index contributed by atoms with van der Waals surface area (Å²) in [5.74, 6) is -2.46. The average molecular weight is 433 g/mol. The SMILES string of the molecule is COc1ccc(F)cc1C(C)(C)CC(O)(CNc1cc(O)c(O)cc1O)C(F)(F)F. The average Bonchev–Trinajstić information content (AvgIpc) is 2.62. The van der Waals surface area contributed by atoms with Crippen LogP contribution in [-0.2, 0) is 5.41 Å². The molecule has 0 heterocycles. The number of rotatable bonds is 7. The summed E-state index contributed by atoms with van der Waals surface area (Å²) >= 11 is 0. The van der Waals surface area contributed by atoms with Crippen molar-refractivity contribution in [2.75, 3.05) is 19.0 Å². The van der Waals surface area contributed by atoms with Crippen molar-refractivity contribution in [3.8, 4) is 23.0 Å². The van der Waals surface area contributed by atoms with E-state index in [9.17, 15) is 38.0 Å². The summed E-state index contributed by atoms with van der Waals surface area (Å²) in [6, 6.07) is 5.01. The fourth-order valence-corrected chi connectivity index (χ4v) is 3.25. The Bertz CT molecular complexity index is 917. The van der Waals surface area contributed by atoms with Gasteiger partial charge in [0.15, 0.2) is 17.1 Å². The summed E-state index contributed by atoms with van der Waals surface area (Å²) in [6.45, 7) is 1.73. The van der Waals surface area contributed by atoms with E-state index in [4.69, 9.17) is 4.74 Å². The van der Waals surface area contributed by atoms with Gasteiger partial charge in [0.05, 0.1) is 19.3 Å². The van der Waals surface area contributed by atoms with E-state index in [1.165, 1.54) is 27.0 Å². The molecule has 6 nitrogen and oxygen atoms in total. The van der Waals surface area contributed by atoms with E-state index < -0.39 is 53.2 Å². The molecule has 0 aliphatic heterocycles. The number of hydrogen-bond acceptors (Lipinski definition) is 6. The van der Waals surface area contributed by atoms with Crippen LogP contribution in [-0.4, -0.2) is 45.9 Å². The lowest BCUT2D eigenvalue weighted by Gasteiger charge is -2.38. The van der Waals surface area contributed by atoms with Crippen LogP contribution < -0.4 is 10.1 Å². The molecule has 2 rings (SSSR count). The molecule has 2 aromatic rings. The minimum atomic E-state index is -5.09. The van der Waals surface area contributed by atoms with Crippen molar-refractivity contribution in [2.24, 2.45) is 0 Å². The number of methoxy groups -OCH3 is 1. The van der Waals surface area contributed by atoms with Gasteiger partial charge in [0.25, 0.3) is 0 Å². The Hall–Kier alpha value is -2.88. The van der Waals surface area contributed by atoms with Crippen molar-refractivity contribution in [3.05, 3.63) is 41.7 Å². The summed E-state index contributed by atoms with van der Waals surface area (Å²) in [6.07, 6.45) is -5.96. The lowest BCUT2D eigenvalue weighted by molar-refractivity contribution is -0.260. The van der Waals surface area contributed by atoms with Gasteiger partial charge in [-0.1, -0.05) is 13.8 Å². The summed E-state index contributed by atoms with van der Waals surface area (Å²) in [7, 11) is 1.30. The van der Waals surface area contributed by atoms with Crippen LogP contribution in [0.2, 0.25) is 0 Å². The molecule has 0 amide bonds. The number of alkyl halides is 3. The minimum absolute atomic E-state index is 0.137. The maximum Gasteiger partial charge on any atom is 0.418 e. The molecule has 166 valence electrons. The molecule has 0 saturated carbocycles. The quantitative estimate of drug-likeness (QED) is 0.257. The number of phenolic OH excluding ortho intramolecular Hbond substituents is 3. The van der Waals surface area contributed by atoms with E-state index in [2.05, 4.69) is 5.32 Å². The van der Waals surface area contributed by atoms with Crippen molar-refractivity contribution in [2.45, 2.75) is 37.5 Å². The molecule has 5 N–H and O–H groups in total. The van der Waals surface area contributed by atoms with Crippen molar-refractivity contribution in [1.29, 1.82) is 0 Å². The second kappa shape index (κ2) is 8.10. The van der Waals surface area contributed by atoms with Crippen LogP contribution >= 0.6 is 0 Å². The highest BCUT2D eigenvalue weighted by atomic mass is 19.4. The monoisotopic (exact) mass is 433 g/mol. The smallest absolute Gasteiger partial charge is 0.418 e. The summed E-state index contributed by atoms with van der Waals surface area (Å²) < 4.78 is 60.3. The maximum absolute atomic E-state index is 13.8. The Morgan fingerprint density at radius 2 is 1.57 bits per heavy atom. The topological polar surface area (TPSA) is 102 Å². The molecule has 0 spiro atoms. The van der Waals surface area contributed by atoms with Gasteiger partial charge >= 0.3 is 6.18 Å². The summed E-state index contributed by atoms with van der Waals surface area (Å²) in [4.78, 5) is 0. The Morgan fingerprint density at radius 1 is 0.967 bits per heavy atom. The lowest BCUT2D eigenvalue weighted by Crippen LogP contribution is -2.53. The highest BCUT2D eigenvalue weighted by molar-refractivity contribution is 5.63. The van der Waals surface area contributed by atoms with Crippen molar-refractivity contribution >= 4 is 5.69 Å². The molecule has 0 aromatic heterocycles. The minimum Gasteiger partial charge on any atom is -0.506 e. The van der Waals surface area contributed by atoms with Gasteiger partial charge in [-0.05, 0) is 30.0 Å². The Kier molecular flexibility index (Phi) is 6.31. The largest absolute Gasteiger partial charge is 0.506 e. The third-order valence-electron chi connectivity index (χ3n) is 4.82. The van der Waals surface area contributed by atoms with Gasteiger partial charge in [-0.15, -0.1) is 0 Å². The number of benzene rings is 2. The highest BCUT2D eigenvalue weighted by Crippen LogP contribution is 2.44. The predicted octanol–water partition coefficient (Wildman–Crippen LogP) is 4.02. The first kappa shape index (κ1) is 23.4. The molecule has 0 fully saturated rings.